The molecule has 2 saturated carbocycles. The Morgan fingerprint density at radius 3 is 2.71 bits per heavy atom. The van der Waals surface area contributed by atoms with E-state index in [2.05, 4.69) is 15.2 Å². The molecule has 0 bridgehead atoms. The summed E-state index contributed by atoms with van der Waals surface area (Å²) in [7, 11) is 0. The first-order valence-electron chi connectivity index (χ1n) is 13.6. The van der Waals surface area contributed by atoms with Crippen molar-refractivity contribution >= 4 is 28.1 Å². The number of fused-ring (bicyclic) bond motifs is 2. The van der Waals surface area contributed by atoms with E-state index in [-0.39, 0.29) is 11.9 Å². The summed E-state index contributed by atoms with van der Waals surface area (Å²) in [5.74, 6) is 1.80. The smallest absolute Gasteiger partial charge is 0.252 e. The normalized spacial score (nSPS) is 22.7. The van der Waals surface area contributed by atoms with E-state index >= 15 is 0 Å². The summed E-state index contributed by atoms with van der Waals surface area (Å²) in [6.07, 6.45) is 14.2. The predicted molar refractivity (Wildman–Crippen MR) is 142 cm³/mol. The highest BCUT2D eigenvalue weighted by Crippen LogP contribution is 2.35. The highest BCUT2D eigenvalue weighted by atomic mass is 32.1. The number of hydrogen-bond acceptors (Lipinski definition) is 5. The molecule has 6 heteroatoms. The number of nitrogens with one attached hydrogen (secondary N) is 1. The fraction of sp³-hybridized carbons (Fsp3) is 0.552. The third-order valence-electron chi connectivity index (χ3n) is 8.24. The summed E-state index contributed by atoms with van der Waals surface area (Å²) in [5, 5.41) is 5.61. The van der Waals surface area contributed by atoms with Gasteiger partial charge < -0.3 is 5.32 Å². The zero-order valence-electron chi connectivity index (χ0n) is 20.5. The van der Waals surface area contributed by atoms with E-state index in [9.17, 15) is 4.79 Å². The summed E-state index contributed by atoms with van der Waals surface area (Å²) in [6.45, 7) is 3.40. The van der Waals surface area contributed by atoms with Crippen molar-refractivity contribution in [2.24, 2.45) is 11.8 Å². The van der Waals surface area contributed by atoms with E-state index < -0.39 is 0 Å². The Morgan fingerprint density at radius 1 is 1.03 bits per heavy atom. The minimum atomic E-state index is 0.0379. The van der Waals surface area contributed by atoms with Crippen LogP contribution in [0.15, 0.2) is 36.5 Å². The van der Waals surface area contributed by atoms with Crippen molar-refractivity contribution in [3.63, 3.8) is 0 Å². The molecule has 2 aromatic heterocycles. The zero-order chi connectivity index (χ0) is 23.6. The molecule has 2 fully saturated rings. The van der Waals surface area contributed by atoms with Crippen LogP contribution in [0.25, 0.3) is 10.9 Å². The van der Waals surface area contributed by atoms with Crippen LogP contribution < -0.4 is 5.32 Å². The quantitative estimate of drug-likeness (QED) is 0.437. The zero-order valence-corrected chi connectivity index (χ0v) is 21.4. The molecule has 3 aliphatic rings. The number of aromatic nitrogens is 2. The van der Waals surface area contributed by atoms with Gasteiger partial charge in [0.25, 0.3) is 5.91 Å². The predicted octanol–water partition coefficient (Wildman–Crippen LogP) is 5.77. The number of pyridine rings is 1. The Morgan fingerprint density at radius 2 is 1.86 bits per heavy atom. The maximum Gasteiger partial charge on any atom is 0.252 e. The molecule has 1 N–H and O–H groups in total. The molecule has 1 amide bonds. The average Bonchev–Trinajstić information content (AvgIpc) is 3.64. The summed E-state index contributed by atoms with van der Waals surface area (Å²) < 4.78 is 0. The lowest BCUT2D eigenvalue weighted by molar-refractivity contribution is 0.0921. The van der Waals surface area contributed by atoms with E-state index in [4.69, 9.17) is 4.98 Å². The second kappa shape index (κ2) is 10.4. The first-order chi connectivity index (χ1) is 17.2. The topological polar surface area (TPSA) is 58.1 Å². The lowest BCUT2D eigenvalue weighted by Crippen LogP contribution is -2.38. The van der Waals surface area contributed by atoms with E-state index in [1.165, 1.54) is 75.2 Å². The molecule has 1 aliphatic heterocycles. The second-order valence-electron chi connectivity index (χ2n) is 10.8. The Balaban J connectivity index is 0.950. The maximum absolute atomic E-state index is 13.0. The van der Waals surface area contributed by atoms with E-state index in [1.807, 2.05) is 41.7 Å². The molecule has 3 aromatic rings. The number of amides is 1. The van der Waals surface area contributed by atoms with Crippen LogP contribution >= 0.6 is 11.3 Å². The van der Waals surface area contributed by atoms with Crippen LogP contribution in [-0.4, -0.2) is 39.9 Å². The third-order valence-corrected chi connectivity index (χ3v) is 9.46. The van der Waals surface area contributed by atoms with Crippen molar-refractivity contribution < 1.29 is 4.79 Å². The number of carbonyl (C=O) groups excluding carboxylic acids is 1. The van der Waals surface area contributed by atoms with Gasteiger partial charge in [0.15, 0.2) is 0 Å². The Labute approximate surface area is 212 Å². The van der Waals surface area contributed by atoms with Gasteiger partial charge in [-0.1, -0.05) is 25.0 Å². The molecule has 3 heterocycles. The van der Waals surface area contributed by atoms with Gasteiger partial charge in [0, 0.05) is 41.2 Å². The minimum Gasteiger partial charge on any atom is -0.349 e. The molecule has 0 unspecified atom stereocenters. The van der Waals surface area contributed by atoms with Crippen molar-refractivity contribution in [3.05, 3.63) is 57.7 Å². The number of thiazole rings is 1. The highest BCUT2D eigenvalue weighted by molar-refractivity contribution is 7.11. The molecular formula is C29H36N4OS. The average molecular weight is 489 g/mol. The molecule has 2 aliphatic carbocycles. The Kier molecular flexibility index (Phi) is 6.84. The highest BCUT2D eigenvalue weighted by Gasteiger charge is 2.26. The summed E-state index contributed by atoms with van der Waals surface area (Å²) in [6, 6.07) is 9.96. The monoisotopic (exact) mass is 488 g/mol. The van der Waals surface area contributed by atoms with Gasteiger partial charge in [-0.25, -0.2) is 4.98 Å². The van der Waals surface area contributed by atoms with E-state index in [1.54, 1.807) is 11.1 Å². The van der Waals surface area contributed by atoms with Crippen LogP contribution in [0.5, 0.6) is 0 Å². The molecule has 6 rings (SSSR count). The van der Waals surface area contributed by atoms with Crippen molar-refractivity contribution in [2.75, 3.05) is 13.1 Å². The fourth-order valence-electron chi connectivity index (χ4n) is 5.86. The van der Waals surface area contributed by atoms with Crippen LogP contribution in [0.3, 0.4) is 0 Å². The van der Waals surface area contributed by atoms with Crippen LogP contribution in [0.4, 0.5) is 0 Å². The molecule has 0 saturated heterocycles. The number of benzene rings is 1. The lowest BCUT2D eigenvalue weighted by atomic mass is 9.84. The first-order valence-corrected chi connectivity index (χ1v) is 14.4. The largest absolute Gasteiger partial charge is 0.349 e. The van der Waals surface area contributed by atoms with Crippen molar-refractivity contribution in [2.45, 2.75) is 76.8 Å². The van der Waals surface area contributed by atoms with Crippen molar-refractivity contribution in [1.29, 1.82) is 0 Å². The standard InChI is InChI=1S/C29H36N4OS/c34-29(24-3-1-5-25-23(24)4-2-16-30-25)31-22-11-8-21(9-12-22)14-17-33-18-15-27-26(19-33)32-28(35-27)13-10-20-6-7-20/h1-5,16,20-22H,6-15,17-19H2,(H,31,34)/t21-,22-. The molecule has 0 atom stereocenters. The van der Waals surface area contributed by atoms with Gasteiger partial charge in [-0.05, 0) is 87.9 Å². The van der Waals surface area contributed by atoms with Crippen LogP contribution in [0, 0.1) is 11.8 Å². The molecule has 35 heavy (non-hydrogen) atoms. The molecule has 184 valence electrons. The van der Waals surface area contributed by atoms with Crippen LogP contribution in [0.2, 0.25) is 0 Å². The summed E-state index contributed by atoms with van der Waals surface area (Å²) >= 11 is 1.98. The third kappa shape index (κ3) is 5.59. The number of hydrogen-bond donors (Lipinski definition) is 1. The van der Waals surface area contributed by atoms with Gasteiger partial charge in [-0.15, -0.1) is 11.3 Å². The van der Waals surface area contributed by atoms with Crippen LogP contribution in [-0.2, 0) is 19.4 Å². The number of carbonyl (C=O) groups is 1. The number of nitrogens with zero attached hydrogens (tertiary/aromatic N) is 3. The van der Waals surface area contributed by atoms with Crippen molar-refractivity contribution in [3.8, 4) is 0 Å². The van der Waals surface area contributed by atoms with Crippen LogP contribution in [0.1, 0.15) is 77.3 Å². The number of aryl methyl sites for hydroxylation is 1. The lowest BCUT2D eigenvalue weighted by Gasteiger charge is -2.32. The molecule has 5 nitrogen and oxygen atoms in total. The van der Waals surface area contributed by atoms with Gasteiger partial charge in [-0.2, -0.15) is 0 Å². The van der Waals surface area contributed by atoms with E-state index in [0.717, 1.165) is 47.7 Å². The minimum absolute atomic E-state index is 0.0379. The Bertz CT molecular complexity index is 1170. The molecule has 0 spiro atoms. The van der Waals surface area contributed by atoms with Gasteiger partial charge in [-0.3, -0.25) is 14.7 Å². The SMILES string of the molecule is O=C(N[C@H]1CC[C@H](CCN2CCc3sc(CCC4CC4)nc3C2)CC1)c1cccc2ncccc12. The maximum atomic E-state index is 13.0. The van der Waals surface area contributed by atoms with Gasteiger partial charge in [0.1, 0.15) is 0 Å². The van der Waals surface area contributed by atoms with Gasteiger partial charge in [0.2, 0.25) is 0 Å². The number of rotatable bonds is 8. The molecule has 1 aromatic carbocycles. The van der Waals surface area contributed by atoms with Gasteiger partial charge in [0.05, 0.1) is 16.2 Å². The summed E-state index contributed by atoms with van der Waals surface area (Å²) in [5.41, 5.74) is 2.97. The summed E-state index contributed by atoms with van der Waals surface area (Å²) in [4.78, 5) is 26.5. The van der Waals surface area contributed by atoms with E-state index in [0.29, 0.717) is 0 Å². The second-order valence-corrected chi connectivity index (χ2v) is 12.0. The Hall–Kier alpha value is -2.31. The van der Waals surface area contributed by atoms with Crippen molar-refractivity contribution in [1.82, 2.24) is 20.2 Å². The van der Waals surface area contributed by atoms with Gasteiger partial charge >= 0.3 is 0 Å². The molecule has 0 radical (unpaired) electrons. The first kappa shape index (κ1) is 23.1. The molecular weight excluding hydrogens is 452 g/mol. The fourth-order valence-corrected chi connectivity index (χ4v) is 6.94.